The summed E-state index contributed by atoms with van der Waals surface area (Å²) in [5, 5.41) is 0. The number of hydrogen-bond donors (Lipinski definition) is 0. The Kier molecular flexibility index (Phi) is 9.51. The highest BCUT2D eigenvalue weighted by Gasteiger charge is 2.02. The van der Waals surface area contributed by atoms with Crippen molar-refractivity contribution >= 4 is 12.4 Å². The van der Waals surface area contributed by atoms with Crippen LogP contribution in [-0.4, -0.2) is 18.0 Å². The van der Waals surface area contributed by atoms with Crippen LogP contribution in [0.3, 0.4) is 0 Å². The first-order chi connectivity index (χ1) is 7.33. The van der Waals surface area contributed by atoms with E-state index < -0.39 is 0 Å². The molecule has 0 aromatic rings. The Morgan fingerprint density at radius 3 is 2.50 bits per heavy atom. The molecular formula is C14H26ClN. The molecule has 0 saturated carbocycles. The number of halogens is 1. The highest BCUT2D eigenvalue weighted by molar-refractivity contribution is 5.85. The lowest BCUT2D eigenvalue weighted by Crippen LogP contribution is -2.22. The van der Waals surface area contributed by atoms with Crippen molar-refractivity contribution in [2.75, 3.05) is 13.1 Å². The number of unbranched alkanes of at least 4 members (excludes halogenated alkanes) is 5. The summed E-state index contributed by atoms with van der Waals surface area (Å²) in [5.41, 5.74) is 1.48. The van der Waals surface area contributed by atoms with Crippen molar-refractivity contribution in [3.05, 3.63) is 23.9 Å². The lowest BCUT2D eigenvalue weighted by molar-refractivity contribution is 0.384. The molecule has 1 aliphatic rings. The SMILES string of the molecule is CCCCCCCCN1C=CC=C(C)C1.Cl. The van der Waals surface area contributed by atoms with E-state index in [-0.39, 0.29) is 12.4 Å². The molecule has 1 nitrogen and oxygen atoms in total. The number of hydrogen-bond acceptors (Lipinski definition) is 1. The van der Waals surface area contributed by atoms with Crippen LogP contribution in [0.25, 0.3) is 0 Å². The van der Waals surface area contributed by atoms with Gasteiger partial charge in [0.1, 0.15) is 0 Å². The Morgan fingerprint density at radius 1 is 1.12 bits per heavy atom. The second-order valence-electron chi connectivity index (χ2n) is 4.59. The van der Waals surface area contributed by atoms with Gasteiger partial charge in [0.05, 0.1) is 0 Å². The number of nitrogens with zero attached hydrogens (tertiary/aromatic N) is 1. The molecule has 0 fully saturated rings. The van der Waals surface area contributed by atoms with Gasteiger partial charge in [-0.25, -0.2) is 0 Å². The van der Waals surface area contributed by atoms with Gasteiger partial charge in [-0.3, -0.25) is 0 Å². The molecule has 0 spiro atoms. The second-order valence-corrected chi connectivity index (χ2v) is 4.59. The minimum atomic E-state index is 0. The molecule has 0 N–H and O–H groups in total. The first kappa shape index (κ1) is 15.6. The molecule has 0 radical (unpaired) electrons. The van der Waals surface area contributed by atoms with Crippen LogP contribution in [0.4, 0.5) is 0 Å². The number of allylic oxidation sites excluding steroid dienone is 2. The van der Waals surface area contributed by atoms with Crippen LogP contribution in [0.1, 0.15) is 52.4 Å². The second kappa shape index (κ2) is 9.77. The van der Waals surface area contributed by atoms with Gasteiger partial charge in [0.2, 0.25) is 0 Å². The molecule has 0 aromatic carbocycles. The molecule has 0 unspecified atom stereocenters. The van der Waals surface area contributed by atoms with E-state index >= 15 is 0 Å². The molecule has 2 heteroatoms. The van der Waals surface area contributed by atoms with Crippen LogP contribution in [0.15, 0.2) is 23.9 Å². The van der Waals surface area contributed by atoms with E-state index in [2.05, 4.69) is 37.1 Å². The van der Waals surface area contributed by atoms with Crippen molar-refractivity contribution in [1.82, 2.24) is 4.90 Å². The fourth-order valence-electron chi connectivity index (χ4n) is 2.00. The third-order valence-corrected chi connectivity index (χ3v) is 2.93. The van der Waals surface area contributed by atoms with Crippen molar-refractivity contribution in [2.24, 2.45) is 0 Å². The van der Waals surface area contributed by atoms with Gasteiger partial charge in [-0.2, -0.15) is 0 Å². The van der Waals surface area contributed by atoms with E-state index in [4.69, 9.17) is 0 Å². The van der Waals surface area contributed by atoms with Crippen molar-refractivity contribution in [3.8, 4) is 0 Å². The Bertz CT molecular complexity index is 221. The zero-order chi connectivity index (χ0) is 10.9. The zero-order valence-electron chi connectivity index (χ0n) is 10.7. The van der Waals surface area contributed by atoms with Crippen molar-refractivity contribution in [3.63, 3.8) is 0 Å². The molecule has 1 heterocycles. The highest BCUT2D eigenvalue weighted by Crippen LogP contribution is 2.10. The summed E-state index contributed by atoms with van der Waals surface area (Å²) in [6, 6.07) is 0. The van der Waals surface area contributed by atoms with E-state index in [0.717, 1.165) is 6.54 Å². The van der Waals surface area contributed by atoms with Crippen LogP contribution in [0, 0.1) is 0 Å². The van der Waals surface area contributed by atoms with Gasteiger partial charge < -0.3 is 4.90 Å². The normalized spacial score (nSPS) is 14.6. The van der Waals surface area contributed by atoms with Crippen LogP contribution >= 0.6 is 12.4 Å². The maximum atomic E-state index is 2.43. The molecule has 0 saturated heterocycles. The zero-order valence-corrected chi connectivity index (χ0v) is 11.6. The predicted molar refractivity (Wildman–Crippen MR) is 75.1 cm³/mol. The summed E-state index contributed by atoms with van der Waals surface area (Å²) in [4.78, 5) is 2.43. The molecule has 0 aromatic heterocycles. The summed E-state index contributed by atoms with van der Waals surface area (Å²) >= 11 is 0. The minimum Gasteiger partial charge on any atom is -0.373 e. The Balaban J connectivity index is 0.00000225. The van der Waals surface area contributed by atoms with Crippen molar-refractivity contribution in [2.45, 2.75) is 52.4 Å². The third kappa shape index (κ3) is 6.95. The maximum Gasteiger partial charge on any atom is 0.0383 e. The van der Waals surface area contributed by atoms with Crippen LogP contribution in [0.2, 0.25) is 0 Å². The van der Waals surface area contributed by atoms with Gasteiger partial charge in [0.15, 0.2) is 0 Å². The van der Waals surface area contributed by atoms with Gasteiger partial charge >= 0.3 is 0 Å². The van der Waals surface area contributed by atoms with Crippen molar-refractivity contribution in [1.29, 1.82) is 0 Å². The molecule has 0 amide bonds. The lowest BCUT2D eigenvalue weighted by atomic mass is 10.1. The molecule has 1 aliphatic heterocycles. The summed E-state index contributed by atoms with van der Waals surface area (Å²) in [6.07, 6.45) is 14.9. The van der Waals surface area contributed by atoms with Gasteiger partial charge in [-0.15, -0.1) is 12.4 Å². The van der Waals surface area contributed by atoms with E-state index in [1.807, 2.05) is 0 Å². The van der Waals surface area contributed by atoms with Gasteiger partial charge in [0, 0.05) is 13.1 Å². The third-order valence-electron chi connectivity index (χ3n) is 2.93. The quantitative estimate of drug-likeness (QED) is 0.594. The van der Waals surface area contributed by atoms with Gasteiger partial charge in [0.25, 0.3) is 0 Å². The Labute approximate surface area is 107 Å². The summed E-state index contributed by atoms with van der Waals surface area (Å²) in [7, 11) is 0. The fourth-order valence-corrected chi connectivity index (χ4v) is 2.00. The van der Waals surface area contributed by atoms with Crippen LogP contribution in [0.5, 0.6) is 0 Å². The van der Waals surface area contributed by atoms with Crippen LogP contribution < -0.4 is 0 Å². The topological polar surface area (TPSA) is 3.24 Å². The molecule has 0 aliphatic carbocycles. The van der Waals surface area contributed by atoms with E-state index in [1.54, 1.807) is 0 Å². The standard InChI is InChI=1S/C14H25N.ClH/c1-3-4-5-6-7-8-11-15-12-9-10-14(2)13-15;/h9-10,12H,3-8,11,13H2,1-2H3;1H. The summed E-state index contributed by atoms with van der Waals surface area (Å²) in [5.74, 6) is 0. The smallest absolute Gasteiger partial charge is 0.0383 e. The average molecular weight is 244 g/mol. The Hall–Kier alpha value is -0.430. The molecule has 0 atom stereocenters. The average Bonchev–Trinajstić information content (AvgIpc) is 2.23. The lowest BCUT2D eigenvalue weighted by Gasteiger charge is -2.23. The molecular weight excluding hydrogens is 218 g/mol. The molecule has 1 rings (SSSR count). The minimum absolute atomic E-state index is 0. The number of rotatable bonds is 7. The molecule has 16 heavy (non-hydrogen) atoms. The fraction of sp³-hybridized carbons (Fsp3) is 0.714. The monoisotopic (exact) mass is 243 g/mol. The largest absolute Gasteiger partial charge is 0.373 e. The van der Waals surface area contributed by atoms with Gasteiger partial charge in [-0.1, -0.05) is 50.7 Å². The summed E-state index contributed by atoms with van der Waals surface area (Å²) < 4.78 is 0. The van der Waals surface area contributed by atoms with E-state index in [1.165, 1.54) is 50.6 Å². The first-order valence-corrected chi connectivity index (χ1v) is 6.41. The van der Waals surface area contributed by atoms with E-state index in [9.17, 15) is 0 Å². The predicted octanol–water partition coefficient (Wildman–Crippen LogP) is 4.54. The van der Waals surface area contributed by atoms with Gasteiger partial charge in [-0.05, 0) is 25.6 Å². The molecule has 94 valence electrons. The van der Waals surface area contributed by atoms with Crippen molar-refractivity contribution < 1.29 is 0 Å². The molecule has 0 bridgehead atoms. The van der Waals surface area contributed by atoms with Crippen LogP contribution in [-0.2, 0) is 0 Å². The Morgan fingerprint density at radius 2 is 1.81 bits per heavy atom. The van der Waals surface area contributed by atoms with E-state index in [0.29, 0.717) is 0 Å². The summed E-state index contributed by atoms with van der Waals surface area (Å²) in [6.45, 7) is 6.84. The maximum absolute atomic E-state index is 2.43. The highest BCUT2D eigenvalue weighted by atomic mass is 35.5. The first-order valence-electron chi connectivity index (χ1n) is 6.41.